The number of thiazole rings is 1. The van der Waals surface area contributed by atoms with Gasteiger partial charge >= 0.3 is 11.9 Å². The number of hydrogen-bond acceptors (Lipinski definition) is 8. The van der Waals surface area contributed by atoms with Crippen molar-refractivity contribution in [1.29, 1.82) is 0 Å². The van der Waals surface area contributed by atoms with Gasteiger partial charge in [0.25, 0.3) is 0 Å². The fourth-order valence-electron chi connectivity index (χ4n) is 14.5. The van der Waals surface area contributed by atoms with E-state index in [1.54, 1.807) is 11.3 Å². The lowest BCUT2D eigenvalue weighted by Crippen LogP contribution is -2.66. The van der Waals surface area contributed by atoms with Gasteiger partial charge in [-0.1, -0.05) is 67.9 Å². The number of aromatic nitrogens is 1. The van der Waals surface area contributed by atoms with Crippen LogP contribution < -0.4 is 5.32 Å². The van der Waals surface area contributed by atoms with E-state index in [0.29, 0.717) is 37.8 Å². The van der Waals surface area contributed by atoms with Crippen LogP contribution in [0.25, 0.3) is 0 Å². The first-order valence-electron chi connectivity index (χ1n) is 21.1. The SMILES string of the molecule is Cc1nc(C)c(CNC[C@H](O)[C@@]23CC[C@]4(C)C(CC[C@@H]5[C@@]6(C)CCC(OC(=O)[C@H]7C[C@@H](C(=O)O)C7(C)C)C(C)(C)[C@@H]6CC[C@]54C)C2=C(C(C)C)C(=O)C3)s1. The number of ether oxygens (including phenoxy) is 1. The first-order chi connectivity index (χ1) is 25.1. The van der Waals surface area contributed by atoms with Gasteiger partial charge in [-0.2, -0.15) is 0 Å². The number of allylic oxidation sites excluding steroid dienone is 1. The molecule has 2 unspecified atom stereocenters. The molecule has 7 rings (SSSR count). The number of carbonyl (C=O) groups is 3. The lowest BCUT2D eigenvalue weighted by molar-refractivity contribution is -0.238. The third kappa shape index (κ3) is 5.61. The Balaban J connectivity index is 1.13. The fraction of sp³-hybridized carbons (Fsp3) is 0.822. The Labute approximate surface area is 328 Å². The normalized spacial score (nSPS) is 41.3. The van der Waals surface area contributed by atoms with E-state index in [9.17, 15) is 24.6 Å². The van der Waals surface area contributed by atoms with Crippen LogP contribution in [0.4, 0.5) is 0 Å². The highest BCUT2D eigenvalue weighted by Gasteiger charge is 2.71. The summed E-state index contributed by atoms with van der Waals surface area (Å²) >= 11 is 1.70. The second-order valence-electron chi connectivity index (χ2n) is 21.0. The summed E-state index contributed by atoms with van der Waals surface area (Å²) in [5.41, 5.74) is 2.20. The summed E-state index contributed by atoms with van der Waals surface area (Å²) in [5, 5.41) is 26.5. The number of ketones is 1. The molecule has 1 aromatic heterocycles. The third-order valence-electron chi connectivity index (χ3n) is 17.8. The molecule has 5 fully saturated rings. The molecule has 0 aliphatic heterocycles. The first kappa shape index (κ1) is 40.1. The van der Waals surface area contributed by atoms with Gasteiger partial charge in [-0.05, 0) is 123 Å². The van der Waals surface area contributed by atoms with Crippen LogP contribution in [0, 0.1) is 81.8 Å². The van der Waals surface area contributed by atoms with Crippen molar-refractivity contribution in [2.75, 3.05) is 6.54 Å². The number of carboxylic acids is 1. The van der Waals surface area contributed by atoms with Gasteiger partial charge in [0.15, 0.2) is 5.78 Å². The molecule has 0 amide bonds. The van der Waals surface area contributed by atoms with Gasteiger partial charge in [0.1, 0.15) is 6.10 Å². The minimum Gasteiger partial charge on any atom is -0.481 e. The van der Waals surface area contributed by atoms with E-state index in [-0.39, 0.29) is 57.3 Å². The molecule has 0 radical (unpaired) electrons. The monoisotopic (exact) mass is 764 g/mol. The number of carbonyl (C=O) groups excluding carboxylic acids is 2. The smallest absolute Gasteiger partial charge is 0.309 e. The van der Waals surface area contributed by atoms with Gasteiger partial charge in [0.2, 0.25) is 0 Å². The van der Waals surface area contributed by atoms with Crippen LogP contribution in [0.5, 0.6) is 0 Å². The highest BCUT2D eigenvalue weighted by molar-refractivity contribution is 7.11. The highest BCUT2D eigenvalue weighted by atomic mass is 32.1. The predicted molar refractivity (Wildman–Crippen MR) is 212 cm³/mol. The predicted octanol–water partition coefficient (Wildman–Crippen LogP) is 8.85. The summed E-state index contributed by atoms with van der Waals surface area (Å²) in [4.78, 5) is 45.3. The molecule has 0 spiro atoms. The van der Waals surface area contributed by atoms with Crippen molar-refractivity contribution in [3.05, 3.63) is 26.7 Å². The molecule has 1 aromatic rings. The minimum atomic E-state index is -0.826. The van der Waals surface area contributed by atoms with Crippen LogP contribution in [0.1, 0.15) is 142 Å². The number of nitrogens with one attached hydrogen (secondary N) is 1. The van der Waals surface area contributed by atoms with Crippen molar-refractivity contribution in [1.82, 2.24) is 10.3 Å². The van der Waals surface area contributed by atoms with E-state index >= 15 is 0 Å². The molecule has 9 heteroatoms. The third-order valence-corrected chi connectivity index (χ3v) is 18.9. The maximum Gasteiger partial charge on any atom is 0.309 e. The molecule has 8 nitrogen and oxygen atoms in total. The maximum absolute atomic E-state index is 14.1. The van der Waals surface area contributed by atoms with Crippen LogP contribution in [0.3, 0.4) is 0 Å². The summed E-state index contributed by atoms with van der Waals surface area (Å²) in [5.74, 6) is -0.381. The minimum absolute atomic E-state index is 0.00185. The van der Waals surface area contributed by atoms with Crippen molar-refractivity contribution in [2.45, 2.75) is 159 Å². The van der Waals surface area contributed by atoms with Gasteiger partial charge in [-0.3, -0.25) is 14.4 Å². The Morgan fingerprint density at radius 1 is 0.907 bits per heavy atom. The number of hydrogen-bond donors (Lipinski definition) is 3. The number of carboxylic acid groups (broad SMARTS) is 1. The summed E-state index contributed by atoms with van der Waals surface area (Å²) in [6.07, 6.45) is 7.98. The molecule has 5 saturated carbocycles. The zero-order valence-corrected chi connectivity index (χ0v) is 35.8. The summed E-state index contributed by atoms with van der Waals surface area (Å²) in [6.45, 7) is 25.7. The van der Waals surface area contributed by atoms with E-state index in [0.717, 1.165) is 67.6 Å². The van der Waals surface area contributed by atoms with Crippen molar-refractivity contribution in [2.24, 2.45) is 68.0 Å². The average Bonchev–Trinajstić information content (AvgIpc) is 3.56. The number of aliphatic carboxylic acids is 1. The molecule has 1 heterocycles. The molecule has 300 valence electrons. The maximum atomic E-state index is 14.1. The number of aliphatic hydroxyl groups excluding tert-OH is 1. The molecular formula is C45H68N2O6S. The first-order valence-corrected chi connectivity index (χ1v) is 21.9. The Hall–Kier alpha value is -2.10. The number of aliphatic hydroxyl groups is 1. The second-order valence-corrected chi connectivity index (χ2v) is 22.3. The van der Waals surface area contributed by atoms with Crippen LogP contribution >= 0.6 is 11.3 Å². The van der Waals surface area contributed by atoms with Gasteiger partial charge in [0, 0.05) is 35.2 Å². The number of rotatable bonds is 9. The Bertz CT molecular complexity index is 1740. The van der Waals surface area contributed by atoms with Crippen LogP contribution in [0.2, 0.25) is 0 Å². The molecular weight excluding hydrogens is 697 g/mol. The Morgan fingerprint density at radius 2 is 1.61 bits per heavy atom. The van der Waals surface area contributed by atoms with Crippen molar-refractivity contribution < 1.29 is 29.3 Å². The second kappa shape index (κ2) is 13.2. The molecule has 0 saturated heterocycles. The van der Waals surface area contributed by atoms with E-state index < -0.39 is 28.8 Å². The quantitative estimate of drug-likeness (QED) is 0.213. The molecule has 6 aliphatic rings. The van der Waals surface area contributed by atoms with Crippen LogP contribution in [-0.4, -0.2) is 51.7 Å². The summed E-state index contributed by atoms with van der Waals surface area (Å²) in [7, 11) is 0. The topological polar surface area (TPSA) is 126 Å². The van der Waals surface area contributed by atoms with E-state index in [4.69, 9.17) is 4.74 Å². The molecule has 3 N–H and O–H groups in total. The van der Waals surface area contributed by atoms with E-state index in [1.807, 2.05) is 27.7 Å². The molecule has 6 aliphatic carbocycles. The zero-order valence-electron chi connectivity index (χ0n) is 35.0. The van der Waals surface area contributed by atoms with E-state index in [2.05, 4.69) is 58.8 Å². The summed E-state index contributed by atoms with van der Waals surface area (Å²) in [6, 6.07) is 0. The van der Waals surface area contributed by atoms with Crippen LogP contribution in [0.15, 0.2) is 11.1 Å². The van der Waals surface area contributed by atoms with E-state index in [1.165, 1.54) is 10.5 Å². The van der Waals surface area contributed by atoms with Crippen LogP contribution in [-0.2, 0) is 25.7 Å². The number of fused-ring (bicyclic) bond motifs is 7. The van der Waals surface area contributed by atoms with Crippen molar-refractivity contribution in [3.8, 4) is 0 Å². The largest absolute Gasteiger partial charge is 0.481 e. The molecule has 0 bridgehead atoms. The molecule has 11 atom stereocenters. The lowest BCUT2D eigenvalue weighted by Gasteiger charge is -2.72. The molecule has 54 heavy (non-hydrogen) atoms. The number of nitrogens with zero attached hydrogens (tertiary/aromatic N) is 1. The Kier molecular flexibility index (Phi) is 9.82. The molecule has 0 aromatic carbocycles. The van der Waals surface area contributed by atoms with Crippen molar-refractivity contribution >= 4 is 29.1 Å². The fourth-order valence-corrected chi connectivity index (χ4v) is 15.4. The standard InChI is InChI=1S/C45H68N2O6S/c1-24(2)36-30(48)21-45(34(49)23-46-22-31-25(3)47-26(4)54-31)19-18-43(10)27(37(36)45)12-13-33-42(9)16-15-35(41(7,8)32(42)14-17-44(33,43)11)53-39(52)29-20-28(38(50)51)40(29,5)6/h24,27-29,32-35,46,49H,12-23H2,1-11H3,(H,50,51)/t27?,28-,29+,32-,33+,34-,35?,42-,43+,44+,45-/m0/s1. The lowest BCUT2D eigenvalue weighted by atomic mass is 9.33. The van der Waals surface area contributed by atoms with Gasteiger partial charge in [-0.25, -0.2) is 4.98 Å². The zero-order chi connectivity index (χ0) is 39.6. The average molecular weight is 765 g/mol. The van der Waals surface area contributed by atoms with Gasteiger partial charge in [0.05, 0.1) is 28.6 Å². The number of aryl methyl sites for hydroxylation is 2. The number of esters is 1. The number of Topliss-reactive ketones (excluding diaryl/α,β-unsaturated/α-hetero) is 1. The summed E-state index contributed by atoms with van der Waals surface area (Å²) < 4.78 is 6.42. The van der Waals surface area contributed by atoms with Gasteiger partial charge in [-0.15, -0.1) is 11.3 Å². The van der Waals surface area contributed by atoms with Crippen molar-refractivity contribution in [3.63, 3.8) is 0 Å². The Morgan fingerprint density at radius 3 is 2.22 bits per heavy atom. The van der Waals surface area contributed by atoms with Gasteiger partial charge < -0.3 is 20.3 Å². The highest BCUT2D eigenvalue weighted by Crippen LogP contribution is 2.77.